The third-order valence-corrected chi connectivity index (χ3v) is 6.08. The Balaban J connectivity index is 1.68. The first-order valence-electron chi connectivity index (χ1n) is 9.57. The highest BCUT2D eigenvalue weighted by Crippen LogP contribution is 2.32. The lowest BCUT2D eigenvalue weighted by Gasteiger charge is -2.36. The first kappa shape index (κ1) is 21.6. The molecule has 0 aromatic heterocycles. The molecule has 0 unspecified atom stereocenters. The van der Waals surface area contributed by atoms with Crippen molar-refractivity contribution in [2.24, 2.45) is 0 Å². The maximum Gasteiger partial charge on any atom is 0.294 e. The van der Waals surface area contributed by atoms with E-state index < -0.39 is 11.1 Å². The van der Waals surface area contributed by atoms with Crippen molar-refractivity contribution in [3.8, 4) is 0 Å². The highest BCUT2D eigenvalue weighted by Gasteiger charge is 2.38. The monoisotopic (exact) mass is 434 g/mol. The summed E-state index contributed by atoms with van der Waals surface area (Å²) in [5.41, 5.74) is 0.878. The molecule has 2 aliphatic heterocycles. The Kier molecular flexibility index (Phi) is 7.52. The van der Waals surface area contributed by atoms with Crippen LogP contribution in [0.15, 0.2) is 46.3 Å². The fourth-order valence-corrected chi connectivity index (χ4v) is 4.64. The Labute approximate surface area is 179 Å². The number of aliphatic hydroxyl groups excluding tert-OH is 1. The molecule has 2 saturated heterocycles. The van der Waals surface area contributed by atoms with Crippen molar-refractivity contribution in [3.63, 3.8) is 0 Å². The third kappa shape index (κ3) is 5.50. The van der Waals surface area contributed by atoms with Crippen LogP contribution >= 0.6 is 23.4 Å². The largest absolute Gasteiger partial charge is 0.396 e. The molecule has 0 saturated carbocycles. The first-order valence-corrected chi connectivity index (χ1v) is 10.8. The van der Waals surface area contributed by atoms with Gasteiger partial charge in [-0.15, -0.1) is 0 Å². The van der Waals surface area contributed by atoms with Crippen molar-refractivity contribution in [1.82, 2.24) is 9.80 Å². The molecule has 1 atom stereocenters. The summed E-state index contributed by atoms with van der Waals surface area (Å²) in [6.45, 7) is 0.302. The van der Waals surface area contributed by atoms with Gasteiger partial charge in [-0.3, -0.25) is 19.3 Å². The van der Waals surface area contributed by atoms with Crippen LogP contribution in [0.4, 0.5) is 4.79 Å². The van der Waals surface area contributed by atoms with E-state index in [4.69, 9.17) is 11.6 Å². The molecular weight excluding hydrogens is 412 g/mol. The Morgan fingerprint density at radius 2 is 2.00 bits per heavy atom. The van der Waals surface area contributed by atoms with E-state index in [9.17, 15) is 19.5 Å². The van der Waals surface area contributed by atoms with E-state index in [0.29, 0.717) is 18.0 Å². The van der Waals surface area contributed by atoms with Crippen molar-refractivity contribution in [2.75, 3.05) is 19.7 Å². The van der Waals surface area contributed by atoms with E-state index in [1.165, 1.54) is 6.08 Å². The van der Waals surface area contributed by atoms with E-state index in [0.717, 1.165) is 41.5 Å². The highest BCUT2D eigenvalue weighted by molar-refractivity contribution is 8.18. The SMILES string of the molecule is O=C1S/C(=C\C(Cl)=C\c2ccccc2)C(=O)N1CC(=O)N1CCCC[C@H]1CCO. The maximum atomic E-state index is 12.7. The second-order valence-electron chi connectivity index (χ2n) is 6.96. The predicted molar refractivity (Wildman–Crippen MR) is 114 cm³/mol. The lowest BCUT2D eigenvalue weighted by Crippen LogP contribution is -2.49. The number of carbonyl (C=O) groups excluding carboxylic acids is 3. The van der Waals surface area contributed by atoms with Crippen LogP contribution in [0.1, 0.15) is 31.2 Å². The molecule has 0 spiro atoms. The van der Waals surface area contributed by atoms with Gasteiger partial charge in [0, 0.05) is 24.2 Å². The minimum absolute atomic E-state index is 0.00497. The molecule has 154 valence electrons. The van der Waals surface area contributed by atoms with Gasteiger partial charge >= 0.3 is 0 Å². The maximum absolute atomic E-state index is 12.7. The molecule has 0 radical (unpaired) electrons. The van der Waals surface area contributed by atoms with E-state index in [2.05, 4.69) is 0 Å². The Morgan fingerprint density at radius 3 is 2.72 bits per heavy atom. The van der Waals surface area contributed by atoms with Gasteiger partial charge in [-0.2, -0.15) is 0 Å². The van der Waals surface area contributed by atoms with Gasteiger partial charge in [0.15, 0.2) is 0 Å². The number of piperidine rings is 1. The molecule has 2 aliphatic rings. The minimum Gasteiger partial charge on any atom is -0.396 e. The van der Waals surface area contributed by atoms with Gasteiger partial charge in [-0.05, 0) is 55.2 Å². The number of allylic oxidation sites excluding steroid dienone is 2. The number of halogens is 1. The van der Waals surface area contributed by atoms with Crippen molar-refractivity contribution in [1.29, 1.82) is 0 Å². The van der Waals surface area contributed by atoms with Crippen molar-refractivity contribution >= 4 is 46.5 Å². The molecule has 0 bridgehead atoms. The lowest BCUT2D eigenvalue weighted by atomic mass is 9.99. The lowest BCUT2D eigenvalue weighted by molar-refractivity contribution is -0.139. The number of benzene rings is 1. The summed E-state index contributed by atoms with van der Waals surface area (Å²) in [6.07, 6.45) is 6.38. The smallest absolute Gasteiger partial charge is 0.294 e. The molecule has 1 N–H and O–H groups in total. The molecular formula is C21H23ClN2O4S. The zero-order valence-electron chi connectivity index (χ0n) is 15.9. The number of rotatable bonds is 6. The van der Waals surface area contributed by atoms with Gasteiger partial charge in [0.1, 0.15) is 6.54 Å². The Morgan fingerprint density at radius 1 is 1.24 bits per heavy atom. The van der Waals surface area contributed by atoms with Crippen molar-refractivity contribution in [3.05, 3.63) is 51.9 Å². The topological polar surface area (TPSA) is 77.9 Å². The number of hydrogen-bond acceptors (Lipinski definition) is 5. The number of nitrogens with zero attached hydrogens (tertiary/aromatic N) is 2. The highest BCUT2D eigenvalue weighted by atomic mass is 35.5. The van der Waals surface area contributed by atoms with E-state index >= 15 is 0 Å². The summed E-state index contributed by atoms with van der Waals surface area (Å²) >= 11 is 7.01. The van der Waals surface area contributed by atoms with Crippen LogP contribution in [0.2, 0.25) is 0 Å². The molecule has 2 fully saturated rings. The van der Waals surface area contributed by atoms with Crippen molar-refractivity contribution < 1.29 is 19.5 Å². The van der Waals surface area contributed by atoms with E-state index in [-0.39, 0.29) is 30.0 Å². The van der Waals surface area contributed by atoms with E-state index in [1.807, 2.05) is 30.3 Å². The summed E-state index contributed by atoms with van der Waals surface area (Å²) in [6, 6.07) is 9.35. The minimum atomic E-state index is -0.510. The van der Waals surface area contributed by atoms with Crippen LogP contribution in [0.25, 0.3) is 6.08 Å². The average molecular weight is 435 g/mol. The van der Waals surface area contributed by atoms with Gasteiger partial charge in [-0.1, -0.05) is 41.9 Å². The molecule has 8 heteroatoms. The second-order valence-corrected chi connectivity index (χ2v) is 8.39. The van der Waals surface area contributed by atoms with E-state index in [1.54, 1.807) is 11.0 Å². The molecule has 3 rings (SSSR count). The zero-order valence-corrected chi connectivity index (χ0v) is 17.5. The average Bonchev–Trinajstić information content (AvgIpc) is 2.96. The van der Waals surface area contributed by atoms with Gasteiger partial charge in [0.25, 0.3) is 11.1 Å². The van der Waals surface area contributed by atoms with Gasteiger partial charge in [-0.25, -0.2) is 0 Å². The molecule has 6 nitrogen and oxygen atoms in total. The van der Waals surface area contributed by atoms with Crippen LogP contribution in [0.5, 0.6) is 0 Å². The van der Waals surface area contributed by atoms with Gasteiger partial charge in [0.05, 0.1) is 4.91 Å². The van der Waals surface area contributed by atoms with Gasteiger partial charge in [0.2, 0.25) is 5.91 Å². The zero-order chi connectivity index (χ0) is 20.8. The molecule has 1 aromatic carbocycles. The fourth-order valence-electron chi connectivity index (χ4n) is 3.52. The summed E-state index contributed by atoms with van der Waals surface area (Å²) in [7, 11) is 0. The number of thioether (sulfide) groups is 1. The first-order chi connectivity index (χ1) is 14.0. The van der Waals surface area contributed by atoms with Gasteiger partial charge < -0.3 is 10.0 Å². The second kappa shape index (κ2) is 10.1. The summed E-state index contributed by atoms with van der Waals surface area (Å²) in [5.74, 6) is -0.777. The predicted octanol–water partition coefficient (Wildman–Crippen LogP) is 3.61. The number of amides is 3. The molecule has 29 heavy (non-hydrogen) atoms. The third-order valence-electron chi connectivity index (χ3n) is 4.95. The summed E-state index contributed by atoms with van der Waals surface area (Å²) < 4.78 is 0. The van der Waals surface area contributed by atoms with Crippen LogP contribution in [-0.2, 0) is 9.59 Å². The standard InChI is InChI=1S/C21H23ClN2O4S/c22-16(12-15-6-2-1-3-7-15)13-18-20(27)24(21(28)29-18)14-19(26)23-10-5-4-8-17(23)9-11-25/h1-3,6-7,12-13,17,25H,4-5,8-11,14H2/b16-12-,18-13-/t17-/m0/s1. The normalized spacial score (nSPS) is 21.9. The van der Waals surface area contributed by atoms with Crippen molar-refractivity contribution in [2.45, 2.75) is 31.7 Å². The van der Waals surface area contributed by atoms with Crippen LogP contribution in [0, 0.1) is 0 Å². The molecule has 2 heterocycles. The summed E-state index contributed by atoms with van der Waals surface area (Å²) in [5, 5.41) is 9.07. The Hall–Kier alpha value is -2.09. The van der Waals surface area contributed by atoms with Crippen LogP contribution in [0.3, 0.4) is 0 Å². The fraction of sp³-hybridized carbons (Fsp3) is 0.381. The van der Waals surface area contributed by atoms with Crippen LogP contribution < -0.4 is 0 Å². The van der Waals surface area contributed by atoms with Crippen LogP contribution in [-0.4, -0.2) is 57.7 Å². The Bertz CT molecular complexity index is 838. The molecule has 3 amide bonds. The number of imide groups is 1. The number of aliphatic hydroxyl groups is 1. The number of hydrogen-bond donors (Lipinski definition) is 1. The number of likely N-dealkylation sites (tertiary alicyclic amines) is 1. The summed E-state index contributed by atoms with van der Waals surface area (Å²) in [4.78, 5) is 40.6. The quantitative estimate of drug-likeness (QED) is 0.692. The number of carbonyl (C=O) groups is 3. The molecule has 1 aromatic rings. The molecule has 0 aliphatic carbocycles.